The standard InChI is InChI=1S/C25H35N3O5/c1-3-12-26-23(29)14-18-9-10-20-22(33-18)15-32-21-11-8-17(13-19(21)25(31)28(20)2)27-24(30)16-6-4-5-7-16/h8,11,13,16,18,20,22H,3-7,9-10,12,14-15H2,1-2H3,(H,26,29)(H,27,30)/t18-,20+,22-/m1/s1. The highest BCUT2D eigenvalue weighted by Gasteiger charge is 2.39. The zero-order valence-corrected chi connectivity index (χ0v) is 19.6. The van der Waals surface area contributed by atoms with E-state index in [0.29, 0.717) is 43.0 Å². The number of benzene rings is 1. The van der Waals surface area contributed by atoms with Crippen LogP contribution in [0.3, 0.4) is 0 Å². The molecular weight excluding hydrogens is 422 g/mol. The van der Waals surface area contributed by atoms with E-state index in [-0.39, 0.29) is 41.9 Å². The summed E-state index contributed by atoms with van der Waals surface area (Å²) in [5.41, 5.74) is 1.06. The van der Waals surface area contributed by atoms with Crippen molar-refractivity contribution in [2.24, 2.45) is 5.92 Å². The Morgan fingerprint density at radius 2 is 1.94 bits per heavy atom. The van der Waals surface area contributed by atoms with E-state index in [2.05, 4.69) is 10.6 Å². The number of rotatable bonds is 6. The summed E-state index contributed by atoms with van der Waals surface area (Å²) in [6, 6.07) is 5.11. The monoisotopic (exact) mass is 457 g/mol. The van der Waals surface area contributed by atoms with Gasteiger partial charge >= 0.3 is 0 Å². The number of carbonyl (C=O) groups excluding carboxylic acids is 3. The van der Waals surface area contributed by atoms with Crippen LogP contribution in [0.5, 0.6) is 5.75 Å². The first kappa shape index (κ1) is 23.5. The lowest BCUT2D eigenvalue weighted by Gasteiger charge is -2.42. The smallest absolute Gasteiger partial charge is 0.257 e. The molecule has 2 heterocycles. The molecule has 2 fully saturated rings. The molecule has 0 bridgehead atoms. The van der Waals surface area contributed by atoms with Crippen molar-refractivity contribution in [3.8, 4) is 5.75 Å². The van der Waals surface area contributed by atoms with Crippen LogP contribution in [0.25, 0.3) is 0 Å². The van der Waals surface area contributed by atoms with Gasteiger partial charge in [-0.05, 0) is 50.3 Å². The van der Waals surface area contributed by atoms with Crippen LogP contribution < -0.4 is 15.4 Å². The number of anilines is 1. The third-order valence-corrected chi connectivity index (χ3v) is 6.99. The van der Waals surface area contributed by atoms with Crippen LogP contribution in [0.1, 0.15) is 68.6 Å². The average Bonchev–Trinajstić information content (AvgIpc) is 3.36. The van der Waals surface area contributed by atoms with Gasteiger partial charge in [0.2, 0.25) is 11.8 Å². The van der Waals surface area contributed by atoms with Gasteiger partial charge in [0.05, 0.1) is 24.1 Å². The van der Waals surface area contributed by atoms with Gasteiger partial charge in [-0.25, -0.2) is 0 Å². The number of carbonyl (C=O) groups is 3. The number of nitrogens with one attached hydrogen (secondary N) is 2. The summed E-state index contributed by atoms with van der Waals surface area (Å²) in [4.78, 5) is 39.7. The molecule has 2 N–H and O–H groups in total. The van der Waals surface area contributed by atoms with Gasteiger partial charge < -0.3 is 25.0 Å². The Morgan fingerprint density at radius 1 is 1.15 bits per heavy atom. The Morgan fingerprint density at radius 3 is 2.70 bits per heavy atom. The van der Waals surface area contributed by atoms with E-state index in [9.17, 15) is 14.4 Å². The fourth-order valence-electron chi connectivity index (χ4n) is 5.08. The molecule has 0 aromatic heterocycles. The highest BCUT2D eigenvalue weighted by atomic mass is 16.5. The van der Waals surface area contributed by atoms with Gasteiger partial charge in [-0.2, -0.15) is 0 Å². The molecule has 33 heavy (non-hydrogen) atoms. The number of hydrogen-bond acceptors (Lipinski definition) is 5. The van der Waals surface area contributed by atoms with Gasteiger partial charge in [0, 0.05) is 25.2 Å². The first-order chi connectivity index (χ1) is 16.0. The lowest BCUT2D eigenvalue weighted by atomic mass is 9.94. The molecule has 0 unspecified atom stereocenters. The highest BCUT2D eigenvalue weighted by Crippen LogP contribution is 2.33. The molecule has 180 valence electrons. The quantitative estimate of drug-likeness (QED) is 0.684. The fourth-order valence-corrected chi connectivity index (χ4v) is 5.08. The minimum atomic E-state index is -0.299. The van der Waals surface area contributed by atoms with Crippen LogP contribution in [-0.2, 0) is 14.3 Å². The third-order valence-electron chi connectivity index (χ3n) is 6.99. The molecular formula is C25H35N3O5. The predicted molar refractivity (Wildman–Crippen MR) is 124 cm³/mol. The van der Waals surface area contributed by atoms with Crippen molar-refractivity contribution in [1.29, 1.82) is 0 Å². The summed E-state index contributed by atoms with van der Waals surface area (Å²) in [5, 5.41) is 5.87. The predicted octanol–water partition coefficient (Wildman–Crippen LogP) is 3.11. The number of amides is 3. The highest BCUT2D eigenvalue weighted by molar-refractivity contribution is 6.00. The van der Waals surface area contributed by atoms with Crippen molar-refractivity contribution < 1.29 is 23.9 Å². The summed E-state index contributed by atoms with van der Waals surface area (Å²) < 4.78 is 12.2. The van der Waals surface area contributed by atoms with E-state index in [4.69, 9.17) is 9.47 Å². The molecule has 1 aromatic carbocycles. The Labute approximate surface area is 195 Å². The van der Waals surface area contributed by atoms with Gasteiger partial charge in [-0.1, -0.05) is 19.8 Å². The lowest BCUT2D eigenvalue weighted by molar-refractivity contribution is -0.134. The Kier molecular flexibility index (Phi) is 7.53. The Bertz CT molecular complexity index is 883. The minimum absolute atomic E-state index is 0.00554. The first-order valence-corrected chi connectivity index (χ1v) is 12.2. The van der Waals surface area contributed by atoms with Gasteiger partial charge in [0.25, 0.3) is 5.91 Å². The minimum Gasteiger partial charge on any atom is -0.490 e. The molecule has 4 rings (SSSR count). The van der Waals surface area contributed by atoms with Crippen LogP contribution in [0, 0.1) is 5.92 Å². The van der Waals surface area contributed by atoms with E-state index < -0.39 is 0 Å². The SMILES string of the molecule is CCCNC(=O)C[C@H]1CC[C@H]2[C@@H](COc3ccc(NC(=O)C4CCCC4)cc3C(=O)N2C)O1. The second-order valence-electron chi connectivity index (χ2n) is 9.40. The van der Waals surface area contributed by atoms with Crippen molar-refractivity contribution >= 4 is 23.4 Å². The number of fused-ring (bicyclic) bond motifs is 2. The number of likely N-dealkylation sites (N-methyl/N-ethyl adjacent to an activating group) is 1. The van der Waals surface area contributed by atoms with Crippen LogP contribution in [-0.4, -0.2) is 61.1 Å². The number of ether oxygens (including phenoxy) is 2. The average molecular weight is 458 g/mol. The van der Waals surface area contributed by atoms with Crippen LogP contribution in [0.15, 0.2) is 18.2 Å². The van der Waals surface area contributed by atoms with Crippen molar-refractivity contribution in [1.82, 2.24) is 10.2 Å². The normalized spacial score (nSPS) is 25.3. The summed E-state index contributed by atoms with van der Waals surface area (Å²) in [5.74, 6) is 0.401. The zero-order chi connectivity index (χ0) is 23.4. The lowest BCUT2D eigenvalue weighted by Crippen LogP contribution is -2.54. The molecule has 2 aliphatic heterocycles. The van der Waals surface area contributed by atoms with Crippen molar-refractivity contribution in [2.45, 2.75) is 76.5 Å². The second-order valence-corrected chi connectivity index (χ2v) is 9.40. The molecule has 1 aliphatic carbocycles. The Hall–Kier alpha value is -2.61. The van der Waals surface area contributed by atoms with E-state index in [1.807, 2.05) is 6.92 Å². The number of hydrogen-bond donors (Lipinski definition) is 2. The van der Waals surface area contributed by atoms with Crippen molar-refractivity contribution in [3.63, 3.8) is 0 Å². The molecule has 0 radical (unpaired) electrons. The maximum atomic E-state index is 13.3. The van der Waals surface area contributed by atoms with E-state index >= 15 is 0 Å². The second kappa shape index (κ2) is 10.5. The van der Waals surface area contributed by atoms with Gasteiger partial charge in [0.15, 0.2) is 0 Å². The van der Waals surface area contributed by atoms with Gasteiger partial charge in [0.1, 0.15) is 18.5 Å². The summed E-state index contributed by atoms with van der Waals surface area (Å²) in [6.45, 7) is 2.99. The Balaban J connectivity index is 1.44. The maximum Gasteiger partial charge on any atom is 0.257 e. The van der Waals surface area contributed by atoms with Crippen molar-refractivity contribution in [2.75, 3.05) is 25.5 Å². The van der Waals surface area contributed by atoms with Gasteiger partial charge in [-0.15, -0.1) is 0 Å². The molecule has 1 saturated heterocycles. The molecule has 1 aromatic rings. The molecule has 8 nitrogen and oxygen atoms in total. The zero-order valence-electron chi connectivity index (χ0n) is 19.6. The summed E-state index contributed by atoms with van der Waals surface area (Å²) in [7, 11) is 1.79. The molecule has 3 aliphatic rings. The van der Waals surface area contributed by atoms with Gasteiger partial charge in [-0.3, -0.25) is 14.4 Å². The van der Waals surface area contributed by atoms with E-state index in [0.717, 1.165) is 38.5 Å². The maximum absolute atomic E-state index is 13.3. The summed E-state index contributed by atoms with van der Waals surface area (Å²) in [6.07, 6.45) is 6.22. The molecule has 3 atom stereocenters. The van der Waals surface area contributed by atoms with E-state index in [1.165, 1.54) is 0 Å². The molecule has 8 heteroatoms. The topological polar surface area (TPSA) is 97.0 Å². The van der Waals surface area contributed by atoms with Crippen LogP contribution >= 0.6 is 0 Å². The molecule has 0 spiro atoms. The number of nitrogens with zero attached hydrogens (tertiary/aromatic N) is 1. The fraction of sp³-hybridized carbons (Fsp3) is 0.640. The van der Waals surface area contributed by atoms with E-state index in [1.54, 1.807) is 30.1 Å². The third kappa shape index (κ3) is 5.49. The molecule has 3 amide bonds. The first-order valence-electron chi connectivity index (χ1n) is 12.2. The van der Waals surface area contributed by atoms with Crippen molar-refractivity contribution in [3.05, 3.63) is 23.8 Å². The van der Waals surface area contributed by atoms with Crippen LogP contribution in [0.2, 0.25) is 0 Å². The van der Waals surface area contributed by atoms with Crippen LogP contribution in [0.4, 0.5) is 5.69 Å². The molecule has 1 saturated carbocycles. The largest absolute Gasteiger partial charge is 0.490 e. The summed E-state index contributed by atoms with van der Waals surface area (Å²) >= 11 is 0.